The van der Waals surface area contributed by atoms with Crippen molar-refractivity contribution >= 4 is 18.3 Å². The van der Waals surface area contributed by atoms with E-state index < -0.39 is 19.0 Å². The number of ether oxygens (including phenoxy) is 1. The fourth-order valence-corrected chi connectivity index (χ4v) is 2.37. The first-order valence-electron chi connectivity index (χ1n) is 7.59. The molecule has 0 spiro atoms. The summed E-state index contributed by atoms with van der Waals surface area (Å²) in [5.41, 5.74) is 6.03. The molecule has 5 nitrogen and oxygen atoms in total. The molecule has 0 atom stereocenters. The van der Waals surface area contributed by atoms with Crippen molar-refractivity contribution in [1.82, 2.24) is 10.3 Å². The Hall–Kier alpha value is -1.61. The fraction of sp³-hybridized carbons (Fsp3) is 0.600. The Morgan fingerprint density at radius 1 is 1.32 bits per heavy atom. The Labute approximate surface area is 148 Å². The summed E-state index contributed by atoms with van der Waals surface area (Å²) in [5, 5.41) is 2.85. The van der Waals surface area contributed by atoms with E-state index in [0.29, 0.717) is 0 Å². The average molecular weight is 386 g/mol. The van der Waals surface area contributed by atoms with Gasteiger partial charge in [-0.05, 0) is 31.7 Å². The summed E-state index contributed by atoms with van der Waals surface area (Å²) in [5.74, 6) is -4.84. The Balaban J connectivity index is 0.00000312. The molecule has 1 aromatic heterocycles. The topological polar surface area (TPSA) is 77.2 Å². The highest BCUT2D eigenvalue weighted by molar-refractivity contribution is 5.94. The number of aromatic nitrogens is 1. The molecule has 0 bridgehead atoms. The molecule has 1 fully saturated rings. The summed E-state index contributed by atoms with van der Waals surface area (Å²) in [6.07, 6.45) is 0.614. The van der Waals surface area contributed by atoms with Crippen molar-refractivity contribution in [1.29, 1.82) is 0 Å². The normalized spacial score (nSPS) is 20.7. The highest BCUT2D eigenvalue weighted by Crippen LogP contribution is 2.23. The lowest BCUT2D eigenvalue weighted by Crippen LogP contribution is -2.40. The van der Waals surface area contributed by atoms with Crippen LogP contribution in [0.3, 0.4) is 0 Å². The molecule has 1 aromatic rings. The lowest BCUT2D eigenvalue weighted by atomic mass is 9.92. The number of nitrogens with zero attached hydrogens (tertiary/aromatic N) is 1. The largest absolute Gasteiger partial charge is 0.471 e. The minimum Gasteiger partial charge on any atom is -0.471 e. The van der Waals surface area contributed by atoms with Gasteiger partial charge in [0.15, 0.2) is 6.61 Å². The standard InChI is InChI=1S/C15H19F4N3O2.ClH/c16-14(17)15(18,19)8-24-12-6-1-9(7-21-12)13(23)22-11-4-2-10(20)3-5-11;/h1,6-7,10-11,14H,2-5,8,20H2,(H,22,23);1H. The average Bonchev–Trinajstić information content (AvgIpc) is 2.55. The molecule has 1 heterocycles. The van der Waals surface area contributed by atoms with Crippen LogP contribution < -0.4 is 15.8 Å². The van der Waals surface area contributed by atoms with Crippen molar-refractivity contribution in [3.05, 3.63) is 23.9 Å². The zero-order valence-corrected chi connectivity index (χ0v) is 14.1. The third-order valence-corrected chi connectivity index (χ3v) is 3.84. The van der Waals surface area contributed by atoms with E-state index in [9.17, 15) is 22.4 Å². The number of hydrogen-bond donors (Lipinski definition) is 2. The maximum Gasteiger partial charge on any atom is 0.340 e. The Bertz CT molecular complexity index is 552. The molecule has 3 N–H and O–H groups in total. The van der Waals surface area contributed by atoms with Gasteiger partial charge in [0.25, 0.3) is 5.91 Å². The summed E-state index contributed by atoms with van der Waals surface area (Å²) in [4.78, 5) is 15.8. The van der Waals surface area contributed by atoms with E-state index in [1.54, 1.807) is 0 Å². The van der Waals surface area contributed by atoms with Crippen LogP contribution in [0, 0.1) is 0 Å². The molecular formula is C15H20ClF4N3O2. The van der Waals surface area contributed by atoms with Gasteiger partial charge in [0.2, 0.25) is 5.88 Å². The van der Waals surface area contributed by atoms with Crippen LogP contribution in [0.2, 0.25) is 0 Å². The highest BCUT2D eigenvalue weighted by atomic mass is 35.5. The van der Waals surface area contributed by atoms with E-state index in [0.717, 1.165) is 31.9 Å². The molecule has 10 heteroatoms. The summed E-state index contributed by atoms with van der Waals surface area (Å²) in [6.45, 7) is -1.48. The van der Waals surface area contributed by atoms with Gasteiger partial charge >= 0.3 is 12.3 Å². The van der Waals surface area contributed by atoms with Crippen molar-refractivity contribution in [2.45, 2.75) is 50.1 Å². The minimum atomic E-state index is -4.25. The molecule has 1 saturated carbocycles. The van der Waals surface area contributed by atoms with Crippen LogP contribution in [-0.2, 0) is 0 Å². The van der Waals surface area contributed by atoms with Crippen molar-refractivity contribution in [2.24, 2.45) is 5.73 Å². The van der Waals surface area contributed by atoms with Gasteiger partial charge in [0, 0.05) is 24.3 Å². The molecule has 0 saturated heterocycles. The van der Waals surface area contributed by atoms with E-state index in [1.165, 1.54) is 12.1 Å². The van der Waals surface area contributed by atoms with Crippen LogP contribution in [0.5, 0.6) is 5.88 Å². The van der Waals surface area contributed by atoms with Gasteiger partial charge in [-0.1, -0.05) is 0 Å². The summed E-state index contributed by atoms with van der Waals surface area (Å²) in [7, 11) is 0. The lowest BCUT2D eigenvalue weighted by molar-refractivity contribution is -0.148. The molecule has 0 radical (unpaired) electrons. The molecule has 1 aliphatic carbocycles. The zero-order valence-electron chi connectivity index (χ0n) is 13.3. The third kappa shape index (κ3) is 6.32. The van der Waals surface area contributed by atoms with Gasteiger partial charge < -0.3 is 15.8 Å². The van der Waals surface area contributed by atoms with Gasteiger partial charge in [-0.15, -0.1) is 12.4 Å². The highest BCUT2D eigenvalue weighted by Gasteiger charge is 2.41. The van der Waals surface area contributed by atoms with E-state index >= 15 is 0 Å². The van der Waals surface area contributed by atoms with Crippen molar-refractivity contribution in [3.63, 3.8) is 0 Å². The molecule has 142 valence electrons. The number of alkyl halides is 4. The Kier molecular flexibility index (Phi) is 7.88. The van der Waals surface area contributed by atoms with Gasteiger partial charge in [0.1, 0.15) is 0 Å². The van der Waals surface area contributed by atoms with Crippen LogP contribution in [0.25, 0.3) is 0 Å². The molecule has 1 amide bonds. The zero-order chi connectivity index (χ0) is 17.7. The van der Waals surface area contributed by atoms with Crippen molar-refractivity contribution in [3.8, 4) is 5.88 Å². The number of amides is 1. The number of pyridine rings is 1. The molecule has 25 heavy (non-hydrogen) atoms. The predicted molar refractivity (Wildman–Crippen MR) is 85.6 cm³/mol. The lowest BCUT2D eigenvalue weighted by Gasteiger charge is -2.26. The number of halogens is 5. The van der Waals surface area contributed by atoms with E-state index in [1.807, 2.05) is 0 Å². The summed E-state index contributed by atoms with van der Waals surface area (Å²) < 4.78 is 54.1. The molecule has 2 rings (SSSR count). The maximum absolute atomic E-state index is 12.8. The summed E-state index contributed by atoms with van der Waals surface area (Å²) >= 11 is 0. The number of rotatable bonds is 6. The van der Waals surface area contributed by atoms with Crippen molar-refractivity contribution in [2.75, 3.05) is 6.61 Å². The number of carbonyl (C=O) groups is 1. The number of carbonyl (C=O) groups excluding carboxylic acids is 1. The molecule has 1 aliphatic rings. The van der Waals surface area contributed by atoms with E-state index in [4.69, 9.17) is 5.73 Å². The van der Waals surface area contributed by atoms with Crippen molar-refractivity contribution < 1.29 is 27.1 Å². The number of hydrogen-bond acceptors (Lipinski definition) is 4. The molecule has 0 aliphatic heterocycles. The first kappa shape index (κ1) is 21.4. The van der Waals surface area contributed by atoms with E-state index in [-0.39, 0.29) is 41.8 Å². The van der Waals surface area contributed by atoms with Gasteiger partial charge in [0.05, 0.1) is 5.56 Å². The van der Waals surface area contributed by atoms with Gasteiger partial charge in [-0.3, -0.25) is 4.79 Å². The Morgan fingerprint density at radius 3 is 2.48 bits per heavy atom. The fourth-order valence-electron chi connectivity index (χ4n) is 2.37. The monoisotopic (exact) mass is 385 g/mol. The molecule has 0 unspecified atom stereocenters. The SMILES string of the molecule is Cl.NC1CCC(NC(=O)c2ccc(OCC(F)(F)C(F)F)nc2)CC1. The Morgan fingerprint density at radius 2 is 1.96 bits per heavy atom. The second-order valence-electron chi connectivity index (χ2n) is 5.82. The van der Waals surface area contributed by atoms with Crippen LogP contribution >= 0.6 is 12.4 Å². The van der Waals surface area contributed by atoms with E-state index in [2.05, 4.69) is 15.0 Å². The minimum absolute atomic E-state index is 0. The second-order valence-corrected chi connectivity index (χ2v) is 5.82. The third-order valence-electron chi connectivity index (χ3n) is 3.84. The quantitative estimate of drug-likeness (QED) is 0.738. The second kappa shape index (κ2) is 9.19. The first-order valence-corrected chi connectivity index (χ1v) is 7.59. The van der Waals surface area contributed by atoms with Crippen LogP contribution in [0.1, 0.15) is 36.0 Å². The smallest absolute Gasteiger partial charge is 0.340 e. The molecular weight excluding hydrogens is 366 g/mol. The van der Waals surface area contributed by atoms with Crippen LogP contribution in [0.15, 0.2) is 18.3 Å². The maximum atomic E-state index is 12.8. The number of nitrogens with one attached hydrogen (secondary N) is 1. The summed E-state index contributed by atoms with van der Waals surface area (Å²) in [6, 6.07) is 2.74. The van der Waals surface area contributed by atoms with Crippen LogP contribution in [0.4, 0.5) is 17.6 Å². The van der Waals surface area contributed by atoms with Crippen LogP contribution in [-0.4, -0.2) is 41.9 Å². The molecule has 0 aromatic carbocycles. The number of nitrogens with two attached hydrogens (primary N) is 1. The first-order chi connectivity index (χ1) is 11.3. The predicted octanol–water partition coefficient (Wildman–Crippen LogP) is 2.78. The van der Waals surface area contributed by atoms with Gasteiger partial charge in [-0.25, -0.2) is 13.8 Å². The van der Waals surface area contributed by atoms with Gasteiger partial charge in [-0.2, -0.15) is 8.78 Å².